The fourth-order valence-corrected chi connectivity index (χ4v) is 2.17. The molecule has 0 heterocycles. The van der Waals surface area contributed by atoms with E-state index >= 15 is 0 Å². The summed E-state index contributed by atoms with van der Waals surface area (Å²) in [5.41, 5.74) is 0.995. The molecule has 0 spiro atoms. The maximum Gasteiger partial charge on any atom is 0.297 e. The van der Waals surface area contributed by atoms with E-state index in [2.05, 4.69) is 9.85 Å². The lowest BCUT2D eigenvalue weighted by atomic mass is 10.2. The quantitative estimate of drug-likeness (QED) is 0.328. The van der Waals surface area contributed by atoms with Gasteiger partial charge in [0.25, 0.3) is 10.1 Å². The van der Waals surface area contributed by atoms with Crippen LogP contribution in [0.5, 0.6) is 0 Å². The van der Waals surface area contributed by atoms with Crippen molar-refractivity contribution in [3.8, 4) is 9.85 Å². The molecular formula is C12H13IO4S. The van der Waals surface area contributed by atoms with Crippen LogP contribution in [0.3, 0.4) is 0 Å². The van der Waals surface area contributed by atoms with Gasteiger partial charge in [-0.3, -0.25) is 4.18 Å². The van der Waals surface area contributed by atoms with Crippen molar-refractivity contribution in [1.29, 1.82) is 0 Å². The maximum absolute atomic E-state index is 11.7. The molecule has 4 nitrogen and oxygen atoms in total. The van der Waals surface area contributed by atoms with Gasteiger partial charge in [-0.15, -0.1) is 0 Å². The van der Waals surface area contributed by atoms with Gasteiger partial charge in [-0.05, 0) is 23.0 Å². The van der Waals surface area contributed by atoms with E-state index in [0.717, 1.165) is 5.56 Å². The summed E-state index contributed by atoms with van der Waals surface area (Å²) >= 11 is 1.90. The summed E-state index contributed by atoms with van der Waals surface area (Å²) in [7, 11) is -3.69. The molecule has 0 N–H and O–H groups in total. The van der Waals surface area contributed by atoms with Gasteiger partial charge in [0.2, 0.25) is 0 Å². The Kier molecular flexibility index (Phi) is 6.63. The van der Waals surface area contributed by atoms with Gasteiger partial charge >= 0.3 is 0 Å². The number of hydrogen-bond acceptors (Lipinski definition) is 4. The van der Waals surface area contributed by atoms with Crippen molar-refractivity contribution in [2.45, 2.75) is 11.8 Å². The first kappa shape index (κ1) is 15.4. The van der Waals surface area contributed by atoms with Gasteiger partial charge in [0.05, 0.1) is 18.1 Å². The summed E-state index contributed by atoms with van der Waals surface area (Å²) in [6.07, 6.45) is 0. The van der Waals surface area contributed by atoms with Crippen molar-refractivity contribution in [2.75, 3.05) is 19.8 Å². The minimum atomic E-state index is -3.69. The molecule has 6 heteroatoms. The van der Waals surface area contributed by atoms with Crippen molar-refractivity contribution in [3.63, 3.8) is 0 Å². The zero-order valence-corrected chi connectivity index (χ0v) is 12.8. The molecule has 98 valence electrons. The molecule has 1 aromatic rings. The first-order valence-electron chi connectivity index (χ1n) is 5.18. The Hall–Kier alpha value is -0.620. The number of aryl methyl sites for hydroxylation is 1. The van der Waals surface area contributed by atoms with Crippen LogP contribution in [0, 0.1) is 16.8 Å². The van der Waals surface area contributed by atoms with Crippen LogP contribution in [-0.2, 0) is 19.0 Å². The zero-order valence-electron chi connectivity index (χ0n) is 9.85. The van der Waals surface area contributed by atoms with E-state index in [-0.39, 0.29) is 24.7 Å². The highest BCUT2D eigenvalue weighted by molar-refractivity contribution is 14.1. The topological polar surface area (TPSA) is 52.6 Å². The number of hydrogen-bond donors (Lipinski definition) is 0. The second kappa shape index (κ2) is 7.74. The third-order valence-electron chi connectivity index (χ3n) is 2.02. The number of halogens is 1. The summed E-state index contributed by atoms with van der Waals surface area (Å²) < 4.78 is 36.0. The number of benzene rings is 1. The van der Waals surface area contributed by atoms with E-state index in [1.54, 1.807) is 12.1 Å². The molecule has 0 unspecified atom stereocenters. The van der Waals surface area contributed by atoms with Crippen molar-refractivity contribution in [3.05, 3.63) is 29.8 Å². The van der Waals surface area contributed by atoms with Gasteiger partial charge < -0.3 is 4.74 Å². The Bertz CT molecular complexity index is 525. The van der Waals surface area contributed by atoms with E-state index in [1.807, 2.05) is 29.5 Å². The normalized spacial score (nSPS) is 10.8. The lowest BCUT2D eigenvalue weighted by Crippen LogP contribution is -2.11. The Morgan fingerprint density at radius 1 is 1.22 bits per heavy atom. The minimum absolute atomic E-state index is 0.0147. The fourth-order valence-electron chi connectivity index (χ4n) is 1.13. The van der Waals surface area contributed by atoms with Crippen molar-refractivity contribution in [2.24, 2.45) is 0 Å². The van der Waals surface area contributed by atoms with Crippen LogP contribution in [0.4, 0.5) is 0 Å². The van der Waals surface area contributed by atoms with Gasteiger partial charge in [-0.25, -0.2) is 0 Å². The molecule has 0 bridgehead atoms. The lowest BCUT2D eigenvalue weighted by molar-refractivity contribution is 0.127. The van der Waals surface area contributed by atoms with Crippen LogP contribution in [0.25, 0.3) is 0 Å². The third-order valence-corrected chi connectivity index (χ3v) is 3.72. The number of rotatable bonds is 6. The largest absolute Gasteiger partial charge is 0.366 e. The summed E-state index contributed by atoms with van der Waals surface area (Å²) in [6, 6.07) is 6.49. The summed E-state index contributed by atoms with van der Waals surface area (Å²) in [6.45, 7) is 2.34. The van der Waals surface area contributed by atoms with E-state index in [1.165, 1.54) is 12.1 Å². The van der Waals surface area contributed by atoms with Gasteiger partial charge in [-0.1, -0.05) is 23.6 Å². The van der Waals surface area contributed by atoms with Crippen molar-refractivity contribution < 1.29 is 17.3 Å². The molecule has 0 saturated carbocycles. The van der Waals surface area contributed by atoms with Gasteiger partial charge in [-0.2, -0.15) is 8.42 Å². The van der Waals surface area contributed by atoms with Gasteiger partial charge in [0.15, 0.2) is 0 Å². The Balaban J connectivity index is 2.44. The van der Waals surface area contributed by atoms with E-state index < -0.39 is 10.1 Å². The SMILES string of the molecule is Cc1ccc(S(=O)(=O)OCCOCC#CI)cc1. The molecule has 0 atom stereocenters. The highest BCUT2D eigenvalue weighted by Crippen LogP contribution is 2.12. The summed E-state index contributed by atoms with van der Waals surface area (Å²) in [5.74, 6) is 2.69. The molecule has 0 amide bonds. The second-order valence-corrected chi connectivity index (χ2v) is 5.57. The summed E-state index contributed by atoms with van der Waals surface area (Å²) in [4.78, 5) is 0.153. The Morgan fingerprint density at radius 3 is 2.50 bits per heavy atom. The molecule has 1 rings (SSSR count). The lowest BCUT2D eigenvalue weighted by Gasteiger charge is -2.05. The smallest absolute Gasteiger partial charge is 0.297 e. The predicted octanol–water partition coefficient (Wildman–Crippen LogP) is 2.11. The predicted molar refractivity (Wildman–Crippen MR) is 76.9 cm³/mol. The molecule has 18 heavy (non-hydrogen) atoms. The summed E-state index contributed by atoms with van der Waals surface area (Å²) in [5, 5.41) is 0. The van der Waals surface area contributed by atoms with Crippen LogP contribution in [0.15, 0.2) is 29.2 Å². The second-order valence-electron chi connectivity index (χ2n) is 3.41. The van der Waals surface area contributed by atoms with E-state index in [9.17, 15) is 8.42 Å². The minimum Gasteiger partial charge on any atom is -0.366 e. The molecular weight excluding hydrogens is 367 g/mol. The fraction of sp³-hybridized carbons (Fsp3) is 0.333. The van der Waals surface area contributed by atoms with Crippen molar-refractivity contribution >= 4 is 32.7 Å². The van der Waals surface area contributed by atoms with Crippen LogP contribution in [0.1, 0.15) is 5.56 Å². The zero-order chi connectivity index (χ0) is 13.4. The standard InChI is InChI=1S/C12H13IO4S/c1-11-3-5-12(6-4-11)18(14,15)17-10-9-16-8-2-7-13/h3-6H,8-10H2,1H3. The highest BCUT2D eigenvalue weighted by atomic mass is 127. The third kappa shape index (κ3) is 5.35. The first-order chi connectivity index (χ1) is 8.56. The van der Waals surface area contributed by atoms with Crippen LogP contribution >= 0.6 is 22.6 Å². The highest BCUT2D eigenvalue weighted by Gasteiger charge is 2.14. The van der Waals surface area contributed by atoms with Crippen LogP contribution in [-0.4, -0.2) is 28.2 Å². The molecule has 0 aliphatic carbocycles. The van der Waals surface area contributed by atoms with Gasteiger partial charge in [0.1, 0.15) is 6.61 Å². The molecule has 0 saturated heterocycles. The van der Waals surface area contributed by atoms with E-state index in [4.69, 9.17) is 8.92 Å². The van der Waals surface area contributed by atoms with Crippen LogP contribution < -0.4 is 0 Å². The average Bonchev–Trinajstić information content (AvgIpc) is 2.34. The Labute approximate surface area is 121 Å². The van der Waals surface area contributed by atoms with Crippen molar-refractivity contribution in [1.82, 2.24) is 0 Å². The number of ether oxygens (including phenoxy) is 1. The maximum atomic E-state index is 11.7. The van der Waals surface area contributed by atoms with Crippen LogP contribution in [0.2, 0.25) is 0 Å². The molecule has 0 aliphatic heterocycles. The Morgan fingerprint density at radius 2 is 1.89 bits per heavy atom. The molecule has 0 fully saturated rings. The van der Waals surface area contributed by atoms with Gasteiger partial charge in [0, 0.05) is 22.6 Å². The monoisotopic (exact) mass is 380 g/mol. The van der Waals surface area contributed by atoms with E-state index in [0.29, 0.717) is 0 Å². The molecule has 0 aromatic heterocycles. The molecule has 0 radical (unpaired) electrons. The average molecular weight is 380 g/mol. The molecule has 1 aromatic carbocycles. The first-order valence-corrected chi connectivity index (χ1v) is 7.67. The molecule has 0 aliphatic rings.